The number of carbonyl (C=O) groups is 1. The highest BCUT2D eigenvalue weighted by Crippen LogP contribution is 2.29. The van der Waals surface area contributed by atoms with E-state index in [1.54, 1.807) is 25.5 Å². The predicted octanol–water partition coefficient (Wildman–Crippen LogP) is 2.74. The lowest BCUT2D eigenvalue weighted by molar-refractivity contribution is 0.172. The number of urea groups is 1. The van der Waals surface area contributed by atoms with Crippen molar-refractivity contribution in [3.8, 4) is 11.3 Å². The summed E-state index contributed by atoms with van der Waals surface area (Å²) in [5.74, 6) is 0.158. The number of nitrogens with one attached hydrogen (secondary N) is 1. The van der Waals surface area contributed by atoms with Gasteiger partial charge in [-0.1, -0.05) is 0 Å². The van der Waals surface area contributed by atoms with Gasteiger partial charge in [0.15, 0.2) is 5.82 Å². The highest BCUT2D eigenvalue weighted by molar-refractivity contribution is 5.95. The van der Waals surface area contributed by atoms with Crippen molar-refractivity contribution in [2.24, 2.45) is 0 Å². The molecule has 2 N–H and O–H groups in total. The normalized spacial score (nSPS) is 13.9. The molecule has 0 spiro atoms. The highest BCUT2D eigenvalue weighted by atomic mass is 16.5. The summed E-state index contributed by atoms with van der Waals surface area (Å²) in [6, 6.07) is 5.15. The molecule has 0 atom stereocenters. The lowest BCUT2D eigenvalue weighted by Gasteiger charge is -2.22. The van der Waals surface area contributed by atoms with Crippen LogP contribution in [0, 0.1) is 6.92 Å². The zero-order valence-electron chi connectivity index (χ0n) is 14.0. The topological polar surface area (TPSA) is 98.2 Å². The van der Waals surface area contributed by atoms with Crippen LogP contribution >= 0.6 is 0 Å². The van der Waals surface area contributed by atoms with Gasteiger partial charge in [0.1, 0.15) is 5.69 Å². The van der Waals surface area contributed by atoms with Crippen molar-refractivity contribution < 1.29 is 10.0 Å². The van der Waals surface area contributed by atoms with E-state index < -0.39 is 6.03 Å². The molecule has 8 nitrogen and oxygen atoms in total. The molecule has 25 heavy (non-hydrogen) atoms. The van der Waals surface area contributed by atoms with Crippen LogP contribution in [0.25, 0.3) is 22.2 Å². The molecule has 2 amide bonds. The number of hydrogen-bond donors (Lipinski definition) is 2. The van der Waals surface area contributed by atoms with Gasteiger partial charge in [0.25, 0.3) is 0 Å². The van der Waals surface area contributed by atoms with Gasteiger partial charge in [-0.3, -0.25) is 15.3 Å². The second kappa shape index (κ2) is 5.82. The Balaban J connectivity index is 1.66. The Hall–Kier alpha value is -3.00. The van der Waals surface area contributed by atoms with Crippen LogP contribution in [0.4, 0.5) is 10.6 Å². The number of rotatable bonds is 3. The number of H-pyrrole nitrogens is 1. The van der Waals surface area contributed by atoms with E-state index in [9.17, 15) is 10.0 Å². The number of carbonyl (C=O) groups excluding carboxylic acids is 1. The first-order chi connectivity index (χ1) is 12.0. The fraction of sp³-hybridized carbons (Fsp3) is 0.294. The van der Waals surface area contributed by atoms with E-state index in [-0.39, 0.29) is 11.9 Å². The Morgan fingerprint density at radius 1 is 1.32 bits per heavy atom. The quantitative estimate of drug-likeness (QED) is 0.565. The van der Waals surface area contributed by atoms with E-state index in [0.29, 0.717) is 10.6 Å². The number of nitrogens with zero attached hydrogens (tertiary/aromatic N) is 5. The first-order valence-electron chi connectivity index (χ1n) is 8.07. The molecule has 1 aliphatic carbocycles. The molecule has 0 bridgehead atoms. The van der Waals surface area contributed by atoms with Crippen molar-refractivity contribution in [2.75, 3.05) is 12.1 Å². The van der Waals surface area contributed by atoms with E-state index in [1.165, 1.54) is 4.90 Å². The largest absolute Gasteiger partial charge is 0.350 e. The Bertz CT molecular complexity index is 949. The smallest absolute Gasteiger partial charge is 0.323 e. The standard InChI is InChI=1S/C17H18N6O2/c1-10-7-11(5-6-18-10)16-13-9-19-15(8-14(13)20-21-16)23(25)17(24)22(2)12-3-4-12/h5-9,12,25H,3-4H2,1-2H3,(H,20,21). The van der Waals surface area contributed by atoms with E-state index in [0.717, 1.165) is 35.2 Å². The van der Waals surface area contributed by atoms with Gasteiger partial charge in [0.05, 0.1) is 5.52 Å². The van der Waals surface area contributed by atoms with Crippen molar-refractivity contribution >= 4 is 22.8 Å². The molecule has 0 radical (unpaired) electrons. The minimum atomic E-state index is -0.487. The summed E-state index contributed by atoms with van der Waals surface area (Å²) in [5, 5.41) is 18.9. The zero-order chi connectivity index (χ0) is 17.6. The van der Waals surface area contributed by atoms with Gasteiger partial charge >= 0.3 is 6.03 Å². The average Bonchev–Trinajstić information content (AvgIpc) is 3.38. The van der Waals surface area contributed by atoms with E-state index in [1.807, 2.05) is 19.1 Å². The number of hydrogen-bond acceptors (Lipinski definition) is 5. The molecule has 4 rings (SSSR count). The average molecular weight is 338 g/mol. The summed E-state index contributed by atoms with van der Waals surface area (Å²) in [4.78, 5) is 22.2. The van der Waals surface area contributed by atoms with Gasteiger partial charge in [-0.05, 0) is 31.9 Å². The van der Waals surface area contributed by atoms with Crippen molar-refractivity contribution in [1.29, 1.82) is 0 Å². The molecule has 3 aromatic heterocycles. The monoisotopic (exact) mass is 338 g/mol. The molecule has 128 valence electrons. The van der Waals surface area contributed by atoms with E-state index >= 15 is 0 Å². The second-order valence-electron chi connectivity index (χ2n) is 6.28. The van der Waals surface area contributed by atoms with Crippen molar-refractivity contribution in [1.82, 2.24) is 25.1 Å². The van der Waals surface area contributed by atoms with Gasteiger partial charge in [-0.15, -0.1) is 0 Å². The van der Waals surface area contributed by atoms with Crippen LogP contribution in [-0.4, -0.2) is 49.4 Å². The van der Waals surface area contributed by atoms with Gasteiger partial charge in [0.2, 0.25) is 0 Å². The number of anilines is 1. The number of aromatic amines is 1. The van der Waals surface area contributed by atoms with Crippen LogP contribution in [0.3, 0.4) is 0 Å². The number of amides is 2. The van der Waals surface area contributed by atoms with Gasteiger partial charge in [-0.25, -0.2) is 9.78 Å². The summed E-state index contributed by atoms with van der Waals surface area (Å²) in [7, 11) is 1.68. The van der Waals surface area contributed by atoms with Crippen molar-refractivity contribution in [3.05, 3.63) is 36.3 Å². The maximum absolute atomic E-state index is 12.3. The SMILES string of the molecule is Cc1cc(-c2n[nH]c3cc(N(O)C(=O)N(C)C4CC4)ncc23)ccn1. The number of aromatic nitrogens is 4. The summed E-state index contributed by atoms with van der Waals surface area (Å²) >= 11 is 0. The van der Waals surface area contributed by atoms with E-state index in [4.69, 9.17) is 0 Å². The minimum Gasteiger partial charge on any atom is -0.323 e. The molecule has 8 heteroatoms. The number of pyridine rings is 2. The number of aryl methyl sites for hydroxylation is 1. The Kier molecular flexibility index (Phi) is 3.61. The Morgan fingerprint density at radius 3 is 2.84 bits per heavy atom. The van der Waals surface area contributed by atoms with Crippen LogP contribution < -0.4 is 5.06 Å². The number of fused-ring (bicyclic) bond motifs is 1. The molecule has 1 aliphatic rings. The first-order valence-corrected chi connectivity index (χ1v) is 8.07. The third-order valence-electron chi connectivity index (χ3n) is 4.40. The molecule has 0 aliphatic heterocycles. The predicted molar refractivity (Wildman–Crippen MR) is 92.3 cm³/mol. The molecular formula is C17H18N6O2. The molecular weight excluding hydrogens is 320 g/mol. The van der Waals surface area contributed by atoms with Crippen molar-refractivity contribution in [3.63, 3.8) is 0 Å². The highest BCUT2D eigenvalue weighted by Gasteiger charge is 2.32. The molecule has 3 aromatic rings. The lowest BCUT2D eigenvalue weighted by Crippen LogP contribution is -2.40. The maximum atomic E-state index is 12.3. The third-order valence-corrected chi connectivity index (χ3v) is 4.40. The van der Waals surface area contributed by atoms with Crippen LogP contribution in [0.5, 0.6) is 0 Å². The van der Waals surface area contributed by atoms with Crippen LogP contribution in [-0.2, 0) is 0 Å². The summed E-state index contributed by atoms with van der Waals surface area (Å²) in [5.41, 5.74) is 3.27. The molecule has 0 aromatic carbocycles. The maximum Gasteiger partial charge on any atom is 0.350 e. The summed E-state index contributed by atoms with van der Waals surface area (Å²) in [6.45, 7) is 1.92. The fourth-order valence-corrected chi connectivity index (χ4v) is 2.80. The Labute approximate surface area is 144 Å². The first kappa shape index (κ1) is 15.5. The van der Waals surface area contributed by atoms with Crippen LogP contribution in [0.2, 0.25) is 0 Å². The molecule has 0 saturated heterocycles. The second-order valence-corrected chi connectivity index (χ2v) is 6.28. The molecule has 1 fully saturated rings. The van der Waals surface area contributed by atoms with Crippen molar-refractivity contribution in [2.45, 2.75) is 25.8 Å². The van der Waals surface area contributed by atoms with Gasteiger partial charge in [0, 0.05) is 48.2 Å². The molecule has 1 saturated carbocycles. The van der Waals surface area contributed by atoms with Gasteiger partial charge < -0.3 is 4.90 Å². The lowest BCUT2D eigenvalue weighted by atomic mass is 10.1. The summed E-state index contributed by atoms with van der Waals surface area (Å²) in [6.07, 6.45) is 5.28. The van der Waals surface area contributed by atoms with Crippen LogP contribution in [0.1, 0.15) is 18.5 Å². The fourth-order valence-electron chi connectivity index (χ4n) is 2.80. The zero-order valence-corrected chi connectivity index (χ0v) is 14.0. The molecule has 0 unspecified atom stereocenters. The summed E-state index contributed by atoms with van der Waals surface area (Å²) < 4.78 is 0. The minimum absolute atomic E-state index is 0.158. The third kappa shape index (κ3) is 2.80. The molecule has 3 heterocycles. The Morgan fingerprint density at radius 2 is 2.12 bits per heavy atom. The van der Waals surface area contributed by atoms with Gasteiger partial charge in [-0.2, -0.15) is 10.2 Å². The number of hydroxylamine groups is 1. The van der Waals surface area contributed by atoms with E-state index in [2.05, 4.69) is 20.2 Å². The van der Waals surface area contributed by atoms with Crippen LogP contribution in [0.15, 0.2) is 30.6 Å².